The van der Waals surface area contributed by atoms with Crippen molar-refractivity contribution >= 4 is 52.0 Å². The number of amides is 1. The molecule has 168 valence electrons. The first-order chi connectivity index (χ1) is 14.5. The van der Waals surface area contributed by atoms with Gasteiger partial charge in [0, 0.05) is 17.1 Å². The van der Waals surface area contributed by atoms with Gasteiger partial charge < -0.3 is 25.2 Å². The van der Waals surface area contributed by atoms with Crippen LogP contribution in [-0.2, 0) is 13.1 Å². The van der Waals surface area contributed by atoms with Crippen LogP contribution in [0.2, 0.25) is 5.02 Å². The monoisotopic (exact) mass is 562 g/mol. The van der Waals surface area contributed by atoms with Crippen LogP contribution < -0.4 is 10.1 Å². The molecule has 0 saturated heterocycles. The van der Waals surface area contributed by atoms with Gasteiger partial charge in [-0.2, -0.15) is 0 Å². The first-order valence-corrected chi connectivity index (χ1v) is 10.5. The van der Waals surface area contributed by atoms with E-state index >= 15 is 0 Å². The first kappa shape index (κ1) is 26.7. The molecule has 1 amide bonds. The second-order valence-corrected chi connectivity index (χ2v) is 8.93. The summed E-state index contributed by atoms with van der Waals surface area (Å²) in [5.74, 6) is -3.04. The van der Waals surface area contributed by atoms with Gasteiger partial charge in [-0.05, 0) is 85.1 Å². The molecule has 0 aliphatic heterocycles. The summed E-state index contributed by atoms with van der Waals surface area (Å²) in [6.07, 6.45) is 0.768. The Morgan fingerprint density at radius 3 is 1.97 bits per heavy atom. The Morgan fingerprint density at radius 2 is 1.55 bits per heavy atom. The minimum absolute atomic E-state index is 0.120. The predicted octanol–water partition coefficient (Wildman–Crippen LogP) is 3.47. The zero-order valence-corrected chi connectivity index (χ0v) is 20.2. The molecular formula is C21H24ClIN2O6. The number of hydrogen-bond acceptors (Lipinski definition) is 5. The van der Waals surface area contributed by atoms with E-state index in [2.05, 4.69) is 32.8 Å². The minimum atomic E-state index is -1.82. The molecule has 1 unspecified atom stereocenters. The van der Waals surface area contributed by atoms with Gasteiger partial charge in [0.15, 0.2) is 0 Å². The average Bonchev–Trinajstić information content (AvgIpc) is 2.73. The van der Waals surface area contributed by atoms with Crippen molar-refractivity contribution in [2.75, 3.05) is 27.7 Å². The third-order valence-electron chi connectivity index (χ3n) is 4.05. The molecule has 0 aromatic heterocycles. The van der Waals surface area contributed by atoms with E-state index in [-0.39, 0.29) is 5.91 Å². The van der Waals surface area contributed by atoms with Gasteiger partial charge in [0.05, 0.1) is 7.11 Å². The molecule has 0 radical (unpaired) electrons. The highest BCUT2D eigenvalue weighted by Crippen LogP contribution is 2.34. The molecule has 0 heterocycles. The summed E-state index contributed by atoms with van der Waals surface area (Å²) in [6.45, 7) is 0.842. The molecule has 0 aliphatic carbocycles. The van der Waals surface area contributed by atoms with Crippen LogP contribution in [0.3, 0.4) is 0 Å². The topological polar surface area (TPSA) is 116 Å². The molecule has 3 N–H and O–H groups in total. The summed E-state index contributed by atoms with van der Waals surface area (Å²) in [4.78, 5) is 33.0. The van der Waals surface area contributed by atoms with Crippen LogP contribution in [0.4, 0.5) is 0 Å². The number of methoxy groups -OCH3 is 1. The molecule has 0 spiro atoms. The van der Waals surface area contributed by atoms with Gasteiger partial charge in [0.2, 0.25) is 0 Å². The van der Waals surface area contributed by atoms with Crippen molar-refractivity contribution in [3.63, 3.8) is 0 Å². The normalized spacial score (nSPS) is 12.2. The standard InChI is InChI=1S/C19H22ClIN2O2.C2H2O4/c1-23(2)13-12-19(21,15-6-8-16(20)9-7-15)22-18(24)14-4-10-17(25-3)11-5-14;3-1(4)2(5)6/h4-11H,12-13H2,1-3H3,(H,22,24);(H,3,4)(H,5,6). The van der Waals surface area contributed by atoms with Crippen molar-refractivity contribution in [1.82, 2.24) is 10.2 Å². The van der Waals surface area contributed by atoms with Crippen LogP contribution >= 0.6 is 34.2 Å². The van der Waals surface area contributed by atoms with E-state index in [4.69, 9.17) is 36.1 Å². The number of nitrogens with one attached hydrogen (secondary N) is 1. The number of carboxylic acid groups (broad SMARTS) is 2. The molecule has 0 saturated carbocycles. The van der Waals surface area contributed by atoms with E-state index in [1.807, 2.05) is 38.4 Å². The lowest BCUT2D eigenvalue weighted by atomic mass is 10.0. The highest BCUT2D eigenvalue weighted by molar-refractivity contribution is 14.1. The van der Waals surface area contributed by atoms with Crippen LogP contribution in [-0.4, -0.2) is 60.7 Å². The molecule has 31 heavy (non-hydrogen) atoms. The Morgan fingerprint density at radius 1 is 1.03 bits per heavy atom. The molecule has 2 aromatic rings. The van der Waals surface area contributed by atoms with Gasteiger partial charge in [-0.1, -0.05) is 23.7 Å². The number of alkyl halides is 1. The Kier molecular flexibility index (Phi) is 10.7. The van der Waals surface area contributed by atoms with Crippen molar-refractivity contribution in [1.29, 1.82) is 0 Å². The summed E-state index contributed by atoms with van der Waals surface area (Å²) in [5.41, 5.74) is 1.61. The summed E-state index contributed by atoms with van der Waals surface area (Å²) >= 11 is 8.32. The number of carbonyl (C=O) groups is 3. The smallest absolute Gasteiger partial charge is 0.414 e. The molecule has 1 atom stereocenters. The maximum absolute atomic E-state index is 12.7. The number of halogens is 2. The zero-order chi connectivity index (χ0) is 23.6. The van der Waals surface area contributed by atoms with Crippen LogP contribution in [0.1, 0.15) is 22.3 Å². The lowest BCUT2D eigenvalue weighted by Crippen LogP contribution is -2.42. The maximum Gasteiger partial charge on any atom is 0.414 e. The molecule has 0 aliphatic rings. The Bertz CT molecular complexity index is 878. The summed E-state index contributed by atoms with van der Waals surface area (Å²) in [7, 11) is 5.64. The van der Waals surface area contributed by atoms with Gasteiger partial charge >= 0.3 is 11.9 Å². The van der Waals surface area contributed by atoms with Crippen LogP contribution in [0.25, 0.3) is 0 Å². The Labute approximate surface area is 199 Å². The average molecular weight is 563 g/mol. The number of carboxylic acids is 2. The third-order valence-corrected chi connectivity index (χ3v) is 5.74. The van der Waals surface area contributed by atoms with E-state index in [1.165, 1.54) is 0 Å². The van der Waals surface area contributed by atoms with Gasteiger partial charge in [-0.25, -0.2) is 9.59 Å². The van der Waals surface area contributed by atoms with Crippen molar-refractivity contribution in [2.45, 2.75) is 9.97 Å². The van der Waals surface area contributed by atoms with Gasteiger partial charge in [-0.15, -0.1) is 0 Å². The van der Waals surface area contributed by atoms with Crippen LogP contribution in [0, 0.1) is 0 Å². The second-order valence-electron chi connectivity index (χ2n) is 6.65. The molecule has 0 fully saturated rings. The largest absolute Gasteiger partial charge is 0.497 e. The molecule has 10 heteroatoms. The Hall–Kier alpha value is -2.37. The van der Waals surface area contributed by atoms with Crippen molar-refractivity contribution in [3.05, 3.63) is 64.7 Å². The number of nitrogens with zero attached hydrogens (tertiary/aromatic N) is 1. The fraction of sp³-hybridized carbons (Fsp3) is 0.286. The molecule has 8 nitrogen and oxygen atoms in total. The van der Waals surface area contributed by atoms with Gasteiger partial charge in [0.25, 0.3) is 5.91 Å². The van der Waals surface area contributed by atoms with E-state index < -0.39 is 15.5 Å². The number of aliphatic carboxylic acids is 2. The van der Waals surface area contributed by atoms with Crippen molar-refractivity contribution in [2.24, 2.45) is 0 Å². The number of benzene rings is 2. The van der Waals surface area contributed by atoms with E-state index in [9.17, 15) is 4.79 Å². The van der Waals surface area contributed by atoms with Crippen molar-refractivity contribution in [3.8, 4) is 5.75 Å². The molecule has 0 bridgehead atoms. The highest BCUT2D eigenvalue weighted by atomic mass is 127. The maximum atomic E-state index is 12.7. The SMILES string of the molecule is COc1ccc(C(=O)NC(I)(CCN(C)C)c2ccc(Cl)cc2)cc1.O=C(O)C(=O)O. The summed E-state index contributed by atoms with van der Waals surface area (Å²) in [5, 5.41) is 18.6. The van der Waals surface area contributed by atoms with Crippen LogP contribution in [0.15, 0.2) is 48.5 Å². The molecular weight excluding hydrogens is 539 g/mol. The molecule has 2 aromatic carbocycles. The zero-order valence-electron chi connectivity index (χ0n) is 17.3. The van der Waals surface area contributed by atoms with E-state index in [0.717, 1.165) is 24.3 Å². The van der Waals surface area contributed by atoms with Crippen LogP contribution in [0.5, 0.6) is 5.75 Å². The first-order valence-electron chi connectivity index (χ1n) is 9.01. The second kappa shape index (κ2) is 12.5. The predicted molar refractivity (Wildman–Crippen MR) is 126 cm³/mol. The van der Waals surface area contributed by atoms with E-state index in [1.54, 1.807) is 31.4 Å². The molecule has 2 rings (SSSR count). The van der Waals surface area contributed by atoms with E-state index in [0.29, 0.717) is 10.6 Å². The van der Waals surface area contributed by atoms with Gasteiger partial charge in [0.1, 0.15) is 9.30 Å². The number of hydrogen-bond donors (Lipinski definition) is 3. The van der Waals surface area contributed by atoms with Gasteiger partial charge in [-0.3, -0.25) is 4.79 Å². The van der Waals surface area contributed by atoms with Crippen molar-refractivity contribution < 1.29 is 29.3 Å². The highest BCUT2D eigenvalue weighted by Gasteiger charge is 2.31. The number of ether oxygens (including phenoxy) is 1. The minimum Gasteiger partial charge on any atom is -0.497 e. The fourth-order valence-corrected chi connectivity index (χ4v) is 3.34. The fourth-order valence-electron chi connectivity index (χ4n) is 2.37. The lowest BCUT2D eigenvalue weighted by Gasteiger charge is -2.31. The summed E-state index contributed by atoms with van der Waals surface area (Å²) in [6, 6.07) is 14.7. The quantitative estimate of drug-likeness (QED) is 0.205. The number of rotatable bonds is 7. The number of carbonyl (C=O) groups excluding carboxylic acids is 1. The Balaban J connectivity index is 0.000000703. The lowest BCUT2D eigenvalue weighted by molar-refractivity contribution is -0.159. The summed E-state index contributed by atoms with van der Waals surface area (Å²) < 4.78 is 4.62. The third kappa shape index (κ3) is 9.11.